The molecule has 1 aromatic heterocycles. The first kappa shape index (κ1) is 18.0. The number of thiazole rings is 1. The fourth-order valence-electron chi connectivity index (χ4n) is 3.28. The van der Waals surface area contributed by atoms with Crippen molar-refractivity contribution in [3.63, 3.8) is 0 Å². The Bertz CT molecular complexity index is 838. The number of ether oxygens (including phenoxy) is 2. The van der Waals surface area contributed by atoms with Crippen molar-refractivity contribution in [3.05, 3.63) is 47.5 Å². The van der Waals surface area contributed by atoms with Crippen molar-refractivity contribution < 1.29 is 14.3 Å². The Morgan fingerprint density at radius 2 is 2.19 bits per heavy atom. The van der Waals surface area contributed by atoms with Gasteiger partial charge in [-0.05, 0) is 49.8 Å². The average Bonchev–Trinajstić information content (AvgIpc) is 3.38. The summed E-state index contributed by atoms with van der Waals surface area (Å²) < 4.78 is 11.5. The van der Waals surface area contributed by atoms with Gasteiger partial charge in [-0.3, -0.25) is 4.79 Å². The van der Waals surface area contributed by atoms with Gasteiger partial charge in [0.15, 0.2) is 16.6 Å². The molecule has 0 aliphatic heterocycles. The predicted octanol–water partition coefficient (Wildman–Crippen LogP) is 4.55. The molecule has 5 nitrogen and oxygen atoms in total. The minimum atomic E-state index is -0.0226. The Kier molecular flexibility index (Phi) is 5.16. The summed E-state index contributed by atoms with van der Waals surface area (Å²) in [6.07, 6.45) is 6.54. The number of anilines is 1. The van der Waals surface area contributed by atoms with Crippen molar-refractivity contribution in [2.75, 3.05) is 12.4 Å². The van der Waals surface area contributed by atoms with E-state index in [1.165, 1.54) is 24.2 Å². The van der Waals surface area contributed by atoms with E-state index in [0.29, 0.717) is 29.6 Å². The van der Waals surface area contributed by atoms with Gasteiger partial charge in [-0.1, -0.05) is 12.1 Å². The molecule has 0 unspecified atom stereocenters. The van der Waals surface area contributed by atoms with Crippen LogP contribution in [0.3, 0.4) is 0 Å². The lowest BCUT2D eigenvalue weighted by Crippen LogP contribution is -2.40. The van der Waals surface area contributed by atoms with Gasteiger partial charge in [0, 0.05) is 17.2 Å². The smallest absolute Gasteiger partial charge is 0.229 e. The standard InChI is InChI=1S/C21H24N2O3S/c1-3-4-13-5-8-18(25-2)19(9-13)26-16-10-15(11-16)20(24)23-21-22-17(12-27-21)14-6-7-14/h3,5,8-9,12,14-16H,1,4,6-7,10-11H2,2H3,(H,22,23,24). The summed E-state index contributed by atoms with van der Waals surface area (Å²) in [7, 11) is 1.64. The van der Waals surface area contributed by atoms with Gasteiger partial charge >= 0.3 is 0 Å². The summed E-state index contributed by atoms with van der Waals surface area (Å²) in [6, 6.07) is 5.91. The number of rotatable bonds is 8. The van der Waals surface area contributed by atoms with Crippen LogP contribution in [-0.4, -0.2) is 24.1 Å². The number of nitrogens with one attached hydrogen (secondary N) is 1. The van der Waals surface area contributed by atoms with Crippen LogP contribution in [0.4, 0.5) is 5.13 Å². The summed E-state index contributed by atoms with van der Waals surface area (Å²) in [6.45, 7) is 3.77. The molecule has 6 heteroatoms. The number of allylic oxidation sites excluding steroid dienone is 1. The molecule has 0 atom stereocenters. The minimum Gasteiger partial charge on any atom is -0.493 e. The van der Waals surface area contributed by atoms with E-state index >= 15 is 0 Å². The van der Waals surface area contributed by atoms with E-state index < -0.39 is 0 Å². The highest BCUT2D eigenvalue weighted by atomic mass is 32.1. The topological polar surface area (TPSA) is 60.5 Å². The summed E-state index contributed by atoms with van der Waals surface area (Å²) in [5.74, 6) is 2.07. The van der Waals surface area contributed by atoms with Gasteiger partial charge in [-0.2, -0.15) is 0 Å². The van der Waals surface area contributed by atoms with Gasteiger partial charge in [0.1, 0.15) is 6.10 Å². The molecule has 2 aliphatic carbocycles. The minimum absolute atomic E-state index is 0.0226. The average molecular weight is 385 g/mol. The Hall–Kier alpha value is -2.34. The van der Waals surface area contributed by atoms with Crippen molar-refractivity contribution >= 4 is 22.4 Å². The van der Waals surface area contributed by atoms with Crippen LogP contribution in [0.25, 0.3) is 0 Å². The Balaban J connectivity index is 1.30. The first-order valence-electron chi connectivity index (χ1n) is 9.37. The number of hydrogen-bond acceptors (Lipinski definition) is 5. The van der Waals surface area contributed by atoms with Gasteiger partial charge in [-0.25, -0.2) is 4.98 Å². The second-order valence-corrected chi connectivity index (χ2v) is 8.09. The molecule has 2 aliphatic rings. The van der Waals surface area contributed by atoms with Crippen molar-refractivity contribution in [1.82, 2.24) is 4.98 Å². The van der Waals surface area contributed by atoms with E-state index in [-0.39, 0.29) is 17.9 Å². The summed E-state index contributed by atoms with van der Waals surface area (Å²) >= 11 is 1.51. The van der Waals surface area contributed by atoms with Crippen LogP contribution in [0.5, 0.6) is 11.5 Å². The molecule has 1 heterocycles. The Labute approximate surface area is 163 Å². The zero-order chi connectivity index (χ0) is 18.8. The number of nitrogens with zero attached hydrogens (tertiary/aromatic N) is 1. The first-order chi connectivity index (χ1) is 13.2. The summed E-state index contributed by atoms with van der Waals surface area (Å²) in [4.78, 5) is 16.9. The van der Waals surface area contributed by atoms with E-state index in [9.17, 15) is 4.79 Å². The third-order valence-electron chi connectivity index (χ3n) is 5.12. The number of carbonyl (C=O) groups excluding carboxylic acids is 1. The van der Waals surface area contributed by atoms with Crippen molar-refractivity contribution in [3.8, 4) is 11.5 Å². The SMILES string of the molecule is C=CCc1ccc(OC)c(OC2CC(C(=O)Nc3nc(C4CC4)cs3)C2)c1. The van der Waals surface area contributed by atoms with Crippen LogP contribution in [0.15, 0.2) is 36.2 Å². The molecule has 1 N–H and O–H groups in total. The van der Waals surface area contributed by atoms with E-state index in [2.05, 4.69) is 22.3 Å². The number of carbonyl (C=O) groups is 1. The second-order valence-electron chi connectivity index (χ2n) is 7.23. The first-order valence-corrected chi connectivity index (χ1v) is 10.2. The van der Waals surface area contributed by atoms with E-state index in [4.69, 9.17) is 9.47 Å². The number of methoxy groups -OCH3 is 1. The van der Waals surface area contributed by atoms with Gasteiger partial charge in [0.05, 0.1) is 12.8 Å². The molecule has 0 saturated heterocycles. The number of amides is 1. The molecule has 142 valence electrons. The zero-order valence-electron chi connectivity index (χ0n) is 15.4. The molecule has 2 saturated carbocycles. The summed E-state index contributed by atoms with van der Waals surface area (Å²) in [5, 5.41) is 5.73. The maximum absolute atomic E-state index is 12.4. The van der Waals surface area contributed by atoms with Gasteiger partial charge in [0.2, 0.25) is 5.91 Å². The lowest BCUT2D eigenvalue weighted by atomic mass is 9.81. The highest BCUT2D eigenvalue weighted by Gasteiger charge is 2.37. The quantitative estimate of drug-likeness (QED) is 0.678. The van der Waals surface area contributed by atoms with Crippen LogP contribution in [0.1, 0.15) is 42.9 Å². The largest absolute Gasteiger partial charge is 0.493 e. The lowest BCUT2D eigenvalue weighted by Gasteiger charge is -2.34. The third kappa shape index (κ3) is 4.16. The van der Waals surface area contributed by atoms with Gasteiger partial charge < -0.3 is 14.8 Å². The van der Waals surface area contributed by atoms with E-state index in [1.54, 1.807) is 7.11 Å². The predicted molar refractivity (Wildman–Crippen MR) is 107 cm³/mol. The monoisotopic (exact) mass is 384 g/mol. The van der Waals surface area contributed by atoms with Crippen molar-refractivity contribution in [1.29, 1.82) is 0 Å². The molecule has 2 aromatic rings. The molecule has 27 heavy (non-hydrogen) atoms. The van der Waals surface area contributed by atoms with E-state index in [1.807, 2.05) is 24.3 Å². The highest BCUT2D eigenvalue weighted by molar-refractivity contribution is 7.13. The van der Waals surface area contributed by atoms with Crippen molar-refractivity contribution in [2.45, 2.75) is 44.1 Å². The molecule has 4 rings (SSSR count). The lowest BCUT2D eigenvalue weighted by molar-refractivity contribution is -0.125. The fraction of sp³-hybridized carbons (Fsp3) is 0.429. The molecule has 0 spiro atoms. The van der Waals surface area contributed by atoms with Crippen LogP contribution < -0.4 is 14.8 Å². The van der Waals surface area contributed by atoms with Crippen molar-refractivity contribution in [2.24, 2.45) is 5.92 Å². The van der Waals surface area contributed by atoms with Crippen LogP contribution in [0, 0.1) is 5.92 Å². The maximum atomic E-state index is 12.4. The fourth-order valence-corrected chi connectivity index (χ4v) is 4.08. The third-order valence-corrected chi connectivity index (χ3v) is 5.89. The van der Waals surface area contributed by atoms with Crippen LogP contribution in [-0.2, 0) is 11.2 Å². The Morgan fingerprint density at radius 1 is 1.37 bits per heavy atom. The van der Waals surface area contributed by atoms with Gasteiger partial charge in [0.25, 0.3) is 0 Å². The van der Waals surface area contributed by atoms with E-state index in [0.717, 1.165) is 23.4 Å². The molecule has 2 fully saturated rings. The normalized spacial score (nSPS) is 21.2. The summed E-state index contributed by atoms with van der Waals surface area (Å²) in [5.41, 5.74) is 2.25. The second kappa shape index (κ2) is 7.72. The molecule has 0 bridgehead atoms. The highest BCUT2D eigenvalue weighted by Crippen LogP contribution is 2.41. The molecule has 1 amide bonds. The number of aromatic nitrogens is 1. The number of benzene rings is 1. The molecular formula is C21H24N2O3S. The zero-order valence-corrected chi connectivity index (χ0v) is 16.3. The number of hydrogen-bond donors (Lipinski definition) is 1. The Morgan fingerprint density at radius 3 is 2.89 bits per heavy atom. The maximum Gasteiger partial charge on any atom is 0.229 e. The van der Waals surface area contributed by atoms with Gasteiger partial charge in [-0.15, -0.1) is 17.9 Å². The van der Waals surface area contributed by atoms with Crippen LogP contribution >= 0.6 is 11.3 Å². The molecule has 0 radical (unpaired) electrons. The molecular weight excluding hydrogens is 360 g/mol. The molecule has 1 aromatic carbocycles. The van der Waals surface area contributed by atoms with Crippen LogP contribution in [0.2, 0.25) is 0 Å².